The number of rotatable bonds is 3. The first-order chi connectivity index (χ1) is 10.9. The minimum Gasteiger partial charge on any atom is -0.349 e. The summed E-state index contributed by atoms with van der Waals surface area (Å²) in [5.74, 6) is -0.825. The normalized spacial score (nSPS) is 20.4. The second-order valence-corrected chi connectivity index (χ2v) is 6.34. The van der Waals surface area contributed by atoms with Gasteiger partial charge in [-0.15, -0.1) is 0 Å². The van der Waals surface area contributed by atoms with Crippen molar-refractivity contribution in [2.45, 2.75) is 38.6 Å². The van der Waals surface area contributed by atoms with Crippen molar-refractivity contribution in [3.05, 3.63) is 34.3 Å². The van der Waals surface area contributed by atoms with Crippen molar-refractivity contribution in [2.24, 2.45) is 5.92 Å². The van der Waals surface area contributed by atoms with Crippen molar-refractivity contribution >= 4 is 23.4 Å². The fourth-order valence-electron chi connectivity index (χ4n) is 2.88. The number of nitriles is 1. The minimum absolute atomic E-state index is 0.237. The molecule has 5 nitrogen and oxygen atoms in total. The van der Waals surface area contributed by atoms with Crippen LogP contribution in [0.15, 0.2) is 18.2 Å². The Hall–Kier alpha value is -2.06. The van der Waals surface area contributed by atoms with E-state index < -0.39 is 0 Å². The number of carbonyl (C=O) groups excluding carboxylic acids is 2. The quantitative estimate of drug-likeness (QED) is 0.682. The Bertz CT molecular complexity index is 654. The van der Waals surface area contributed by atoms with Crippen LogP contribution in [0.25, 0.3) is 0 Å². The summed E-state index contributed by atoms with van der Waals surface area (Å²) in [6.45, 7) is 1.87. The van der Waals surface area contributed by atoms with Crippen molar-refractivity contribution in [1.82, 2.24) is 10.2 Å². The summed E-state index contributed by atoms with van der Waals surface area (Å²) in [5.41, 5.74) is 1.38. The summed E-state index contributed by atoms with van der Waals surface area (Å²) in [6.07, 6.45) is 5.14. The molecule has 1 fully saturated rings. The van der Waals surface area contributed by atoms with E-state index in [4.69, 9.17) is 16.9 Å². The Kier molecular flexibility index (Phi) is 5.62. The van der Waals surface area contributed by atoms with Gasteiger partial charge in [0.1, 0.15) is 0 Å². The largest absolute Gasteiger partial charge is 0.349 e. The summed E-state index contributed by atoms with van der Waals surface area (Å²) in [6, 6.07) is 4.90. The van der Waals surface area contributed by atoms with Crippen molar-refractivity contribution in [3.8, 4) is 6.19 Å². The molecule has 1 N–H and O–H groups in total. The monoisotopic (exact) mass is 333 g/mol. The van der Waals surface area contributed by atoms with E-state index in [9.17, 15) is 9.59 Å². The Morgan fingerprint density at radius 1 is 1.35 bits per heavy atom. The molecule has 1 saturated carbocycles. The Balaban J connectivity index is 2.12. The number of benzene rings is 1. The predicted molar refractivity (Wildman–Crippen MR) is 87.8 cm³/mol. The average molecular weight is 334 g/mol. The van der Waals surface area contributed by atoms with Crippen LogP contribution in [0, 0.1) is 24.3 Å². The molecule has 2 amide bonds. The van der Waals surface area contributed by atoms with E-state index in [-0.39, 0.29) is 23.8 Å². The molecule has 6 heteroatoms. The van der Waals surface area contributed by atoms with Crippen LogP contribution >= 0.6 is 11.6 Å². The molecule has 0 radical (unpaired) electrons. The highest BCUT2D eigenvalue weighted by Gasteiger charge is 2.34. The predicted octanol–water partition coefficient (Wildman–Crippen LogP) is 2.88. The van der Waals surface area contributed by atoms with Crippen LogP contribution in [-0.2, 0) is 4.79 Å². The van der Waals surface area contributed by atoms with E-state index >= 15 is 0 Å². The molecule has 0 saturated heterocycles. The fraction of sp³-hybridized carbons (Fsp3) is 0.471. The molecule has 1 aromatic carbocycles. The molecule has 0 unspecified atom stereocenters. The van der Waals surface area contributed by atoms with Gasteiger partial charge >= 0.3 is 0 Å². The first-order valence-electron chi connectivity index (χ1n) is 7.68. The van der Waals surface area contributed by atoms with Gasteiger partial charge < -0.3 is 5.32 Å². The van der Waals surface area contributed by atoms with Crippen molar-refractivity contribution in [3.63, 3.8) is 0 Å². The van der Waals surface area contributed by atoms with Crippen LogP contribution in [0.4, 0.5) is 0 Å². The molecule has 0 spiro atoms. The number of hydrogen-bond donors (Lipinski definition) is 1. The number of carbonyl (C=O) groups is 2. The maximum atomic E-state index is 12.4. The van der Waals surface area contributed by atoms with Crippen LogP contribution in [0.3, 0.4) is 0 Å². The molecular weight excluding hydrogens is 314 g/mol. The highest BCUT2D eigenvalue weighted by Crippen LogP contribution is 2.26. The first-order valence-corrected chi connectivity index (χ1v) is 8.06. The zero-order valence-electron chi connectivity index (χ0n) is 13.3. The summed E-state index contributed by atoms with van der Waals surface area (Å²) >= 11 is 6.06. The van der Waals surface area contributed by atoms with Gasteiger partial charge in [0.15, 0.2) is 6.19 Å². The molecule has 2 atom stereocenters. The lowest BCUT2D eigenvalue weighted by atomic mass is 9.83. The third kappa shape index (κ3) is 4.02. The summed E-state index contributed by atoms with van der Waals surface area (Å²) in [7, 11) is 1.45. The van der Waals surface area contributed by atoms with E-state index in [1.165, 1.54) is 7.05 Å². The lowest BCUT2D eigenvalue weighted by Gasteiger charge is -2.32. The topological polar surface area (TPSA) is 73.2 Å². The molecule has 0 aromatic heterocycles. The van der Waals surface area contributed by atoms with E-state index in [1.807, 2.05) is 13.1 Å². The molecule has 1 aliphatic rings. The second kappa shape index (κ2) is 7.47. The van der Waals surface area contributed by atoms with E-state index in [0.717, 1.165) is 29.7 Å². The number of nitrogens with one attached hydrogen (secondary N) is 1. The lowest BCUT2D eigenvalue weighted by Crippen LogP contribution is -2.48. The number of nitrogens with zero attached hydrogens (tertiary/aromatic N) is 2. The zero-order valence-corrected chi connectivity index (χ0v) is 14.1. The van der Waals surface area contributed by atoms with Crippen molar-refractivity contribution in [2.75, 3.05) is 7.05 Å². The molecule has 0 bridgehead atoms. The highest BCUT2D eigenvalue weighted by atomic mass is 35.5. The van der Waals surface area contributed by atoms with Crippen LogP contribution in [-0.4, -0.2) is 29.8 Å². The molecule has 23 heavy (non-hydrogen) atoms. The van der Waals surface area contributed by atoms with Crippen molar-refractivity contribution in [1.29, 1.82) is 5.26 Å². The SMILES string of the molecule is Cc1ccc(C(=O)N[C@@H]2CCCC[C@@H]2C(=O)N(C)C#N)cc1Cl. The molecule has 0 aliphatic heterocycles. The third-order valence-electron chi connectivity index (χ3n) is 4.31. The Labute approximate surface area is 141 Å². The summed E-state index contributed by atoms with van der Waals surface area (Å²) in [4.78, 5) is 25.8. The standard InChI is InChI=1S/C17H20ClN3O2/c1-11-7-8-12(9-14(11)18)16(22)20-15-6-4-3-5-13(15)17(23)21(2)10-19/h7-9,13,15H,3-6H2,1-2H3,(H,20,22)/t13-,15+/m0/s1. The van der Waals surface area contributed by atoms with Gasteiger partial charge in [-0.3, -0.25) is 14.5 Å². The second-order valence-electron chi connectivity index (χ2n) is 5.93. The smallest absolute Gasteiger partial charge is 0.251 e. The first kappa shape index (κ1) is 17.3. The van der Waals surface area contributed by atoms with Gasteiger partial charge in [0.05, 0.1) is 5.92 Å². The Morgan fingerprint density at radius 3 is 2.70 bits per heavy atom. The van der Waals surface area contributed by atoms with Gasteiger partial charge in [0, 0.05) is 23.7 Å². The molecule has 1 aromatic rings. The number of amides is 2. The summed E-state index contributed by atoms with van der Waals surface area (Å²) < 4.78 is 0. The molecule has 122 valence electrons. The van der Waals surface area contributed by atoms with Gasteiger partial charge in [0.25, 0.3) is 5.91 Å². The zero-order chi connectivity index (χ0) is 17.0. The molecule has 0 heterocycles. The van der Waals surface area contributed by atoms with Crippen LogP contribution in [0.2, 0.25) is 5.02 Å². The van der Waals surface area contributed by atoms with Gasteiger partial charge in [-0.25, -0.2) is 0 Å². The highest BCUT2D eigenvalue weighted by molar-refractivity contribution is 6.31. The van der Waals surface area contributed by atoms with Gasteiger partial charge in [-0.2, -0.15) is 5.26 Å². The maximum Gasteiger partial charge on any atom is 0.251 e. The third-order valence-corrected chi connectivity index (χ3v) is 4.72. The number of halogens is 1. The van der Waals surface area contributed by atoms with E-state index in [2.05, 4.69) is 5.32 Å². The van der Waals surface area contributed by atoms with Crippen LogP contribution in [0.1, 0.15) is 41.6 Å². The molecular formula is C17H20ClN3O2. The fourth-order valence-corrected chi connectivity index (χ4v) is 3.06. The molecule has 2 rings (SSSR count). The van der Waals surface area contributed by atoms with Gasteiger partial charge in [-0.05, 0) is 37.5 Å². The number of hydrogen-bond acceptors (Lipinski definition) is 3. The summed E-state index contributed by atoms with van der Waals surface area (Å²) in [5, 5.41) is 12.4. The number of aryl methyl sites for hydroxylation is 1. The van der Waals surface area contributed by atoms with Gasteiger partial charge in [0.2, 0.25) is 5.91 Å². The van der Waals surface area contributed by atoms with Crippen molar-refractivity contribution < 1.29 is 9.59 Å². The van der Waals surface area contributed by atoms with Crippen LogP contribution in [0.5, 0.6) is 0 Å². The van der Waals surface area contributed by atoms with E-state index in [0.29, 0.717) is 17.0 Å². The lowest BCUT2D eigenvalue weighted by molar-refractivity contribution is -0.133. The molecule has 1 aliphatic carbocycles. The van der Waals surface area contributed by atoms with Crippen LogP contribution < -0.4 is 5.32 Å². The maximum absolute atomic E-state index is 12.4. The van der Waals surface area contributed by atoms with E-state index in [1.54, 1.807) is 18.2 Å². The average Bonchev–Trinajstić information content (AvgIpc) is 2.56. The Morgan fingerprint density at radius 2 is 2.04 bits per heavy atom. The van der Waals surface area contributed by atoms with Gasteiger partial charge in [-0.1, -0.05) is 30.5 Å². The minimum atomic E-state index is -0.349.